The number of halogens is 1. The Morgan fingerprint density at radius 1 is 1.29 bits per heavy atom. The number of carboxylic acids is 1. The molecule has 0 aliphatic heterocycles. The van der Waals surface area contributed by atoms with Crippen molar-refractivity contribution < 1.29 is 14.7 Å². The Kier molecular flexibility index (Phi) is 3.40. The van der Waals surface area contributed by atoms with Crippen LogP contribution in [-0.4, -0.2) is 16.9 Å². The lowest BCUT2D eigenvalue weighted by Crippen LogP contribution is -1.95. The molecule has 0 fully saturated rings. The van der Waals surface area contributed by atoms with E-state index in [0.29, 0.717) is 5.56 Å². The zero-order valence-corrected chi connectivity index (χ0v) is 10.9. The van der Waals surface area contributed by atoms with Crippen molar-refractivity contribution in [3.05, 3.63) is 45.8 Å². The van der Waals surface area contributed by atoms with Gasteiger partial charge < -0.3 is 5.11 Å². The van der Waals surface area contributed by atoms with Gasteiger partial charge in [-0.25, -0.2) is 4.79 Å². The van der Waals surface area contributed by atoms with E-state index in [1.165, 1.54) is 11.3 Å². The van der Waals surface area contributed by atoms with Gasteiger partial charge in [0.05, 0.1) is 0 Å². The molecule has 2 aromatic rings. The molecule has 2 rings (SSSR count). The molecule has 1 aromatic carbocycles. The van der Waals surface area contributed by atoms with Crippen molar-refractivity contribution in [3.63, 3.8) is 0 Å². The van der Waals surface area contributed by atoms with E-state index < -0.39 is 5.97 Å². The third kappa shape index (κ3) is 2.45. The third-order valence-corrected chi connectivity index (χ3v) is 4.15. The molecular formula is C12H7BrO3S. The number of hydrogen-bond acceptors (Lipinski definition) is 3. The Bertz CT molecular complexity index is 628. The molecule has 0 saturated carbocycles. The van der Waals surface area contributed by atoms with E-state index in [1.54, 1.807) is 5.38 Å². The van der Waals surface area contributed by atoms with Crippen LogP contribution in [0.25, 0.3) is 10.1 Å². The second-order valence-corrected chi connectivity index (χ2v) is 5.04. The normalized spacial score (nSPS) is 11.1. The van der Waals surface area contributed by atoms with Crippen LogP contribution in [0.5, 0.6) is 0 Å². The molecule has 1 heterocycles. The molecule has 0 spiro atoms. The minimum Gasteiger partial charge on any atom is -0.478 e. The fourth-order valence-corrected chi connectivity index (χ4v) is 3.06. The van der Waals surface area contributed by atoms with Crippen molar-refractivity contribution >= 4 is 49.1 Å². The van der Waals surface area contributed by atoms with Gasteiger partial charge in [0.2, 0.25) is 0 Å². The summed E-state index contributed by atoms with van der Waals surface area (Å²) in [4.78, 5) is 22.1. The fraction of sp³-hybridized carbons (Fsp3) is 0. The van der Waals surface area contributed by atoms with Crippen molar-refractivity contribution in [3.8, 4) is 0 Å². The highest BCUT2D eigenvalue weighted by molar-refractivity contribution is 9.10. The molecule has 0 aliphatic carbocycles. The highest BCUT2D eigenvalue weighted by Crippen LogP contribution is 2.32. The number of hydrogen-bond donors (Lipinski definition) is 1. The number of benzene rings is 1. The molecular weight excluding hydrogens is 304 g/mol. The van der Waals surface area contributed by atoms with Crippen LogP contribution in [0.3, 0.4) is 0 Å². The van der Waals surface area contributed by atoms with Crippen LogP contribution in [0.2, 0.25) is 0 Å². The summed E-state index contributed by atoms with van der Waals surface area (Å²) in [6.45, 7) is 0. The van der Waals surface area contributed by atoms with Gasteiger partial charge in [0.1, 0.15) is 0 Å². The summed E-state index contributed by atoms with van der Waals surface area (Å²) in [7, 11) is 0. The maximum atomic E-state index is 11.8. The molecule has 0 unspecified atom stereocenters. The highest BCUT2D eigenvalue weighted by atomic mass is 79.9. The van der Waals surface area contributed by atoms with Crippen LogP contribution in [0.15, 0.2) is 40.2 Å². The van der Waals surface area contributed by atoms with Crippen LogP contribution in [0, 0.1) is 0 Å². The number of ketones is 1. The zero-order chi connectivity index (χ0) is 12.4. The summed E-state index contributed by atoms with van der Waals surface area (Å²) in [5.41, 5.74) is 0.531. The predicted octanol–water partition coefficient (Wildman–Crippen LogP) is 3.49. The minimum atomic E-state index is -1.13. The van der Waals surface area contributed by atoms with E-state index in [4.69, 9.17) is 5.11 Å². The average molecular weight is 311 g/mol. The molecule has 86 valence electrons. The van der Waals surface area contributed by atoms with Crippen LogP contribution in [0.1, 0.15) is 10.4 Å². The van der Waals surface area contributed by atoms with E-state index in [0.717, 1.165) is 26.7 Å². The molecule has 0 bridgehead atoms. The standard InChI is InChI=1S/C12H7BrO3S/c13-9-3-1-2-7-8(6-17-12(7)9)10(14)4-5-11(15)16/h1-6H,(H,15,16)/b5-4+. The number of rotatable bonds is 3. The molecule has 0 aliphatic rings. The summed E-state index contributed by atoms with van der Waals surface area (Å²) in [5, 5.41) is 11.1. The molecule has 0 amide bonds. The first-order valence-corrected chi connectivity index (χ1v) is 6.38. The van der Waals surface area contributed by atoms with E-state index in [2.05, 4.69) is 15.9 Å². The molecule has 3 nitrogen and oxygen atoms in total. The lowest BCUT2D eigenvalue weighted by atomic mass is 10.1. The topological polar surface area (TPSA) is 54.4 Å². The maximum absolute atomic E-state index is 11.8. The van der Waals surface area contributed by atoms with E-state index in [-0.39, 0.29) is 5.78 Å². The fourth-order valence-electron chi connectivity index (χ4n) is 1.45. The number of allylic oxidation sites excluding steroid dienone is 1. The van der Waals surface area contributed by atoms with Crippen molar-refractivity contribution in [2.45, 2.75) is 0 Å². The van der Waals surface area contributed by atoms with Crippen LogP contribution in [0.4, 0.5) is 0 Å². The van der Waals surface area contributed by atoms with Crippen molar-refractivity contribution in [2.24, 2.45) is 0 Å². The average Bonchev–Trinajstić information content (AvgIpc) is 2.71. The van der Waals surface area contributed by atoms with E-state index in [1.807, 2.05) is 18.2 Å². The summed E-state index contributed by atoms with van der Waals surface area (Å²) < 4.78 is 1.92. The van der Waals surface area contributed by atoms with Gasteiger partial charge in [-0.2, -0.15) is 0 Å². The van der Waals surface area contributed by atoms with Crippen molar-refractivity contribution in [2.75, 3.05) is 0 Å². The number of thiophene rings is 1. The quantitative estimate of drug-likeness (QED) is 0.697. The summed E-state index contributed by atoms with van der Waals surface area (Å²) in [6.07, 6.45) is 1.93. The summed E-state index contributed by atoms with van der Waals surface area (Å²) in [6, 6.07) is 5.59. The second-order valence-electron chi connectivity index (χ2n) is 3.30. The van der Waals surface area contributed by atoms with Crippen LogP contribution in [-0.2, 0) is 4.79 Å². The van der Waals surface area contributed by atoms with Gasteiger partial charge in [0.25, 0.3) is 0 Å². The number of carbonyl (C=O) groups is 2. The van der Waals surface area contributed by atoms with Gasteiger partial charge in [0, 0.05) is 31.6 Å². The molecule has 17 heavy (non-hydrogen) atoms. The summed E-state index contributed by atoms with van der Waals surface area (Å²) in [5.74, 6) is -1.42. The number of fused-ring (bicyclic) bond motifs is 1. The number of aliphatic carboxylic acids is 1. The smallest absolute Gasteiger partial charge is 0.328 e. The molecule has 0 radical (unpaired) electrons. The second kappa shape index (κ2) is 4.81. The lowest BCUT2D eigenvalue weighted by molar-refractivity contribution is -0.131. The Hall–Kier alpha value is -1.46. The zero-order valence-electron chi connectivity index (χ0n) is 8.51. The first-order chi connectivity index (χ1) is 8.09. The SMILES string of the molecule is O=C(O)/C=C/C(=O)c1csc2c(Br)cccc12. The molecule has 0 atom stereocenters. The van der Waals surface area contributed by atoms with Gasteiger partial charge >= 0.3 is 5.97 Å². The Morgan fingerprint density at radius 3 is 2.76 bits per heavy atom. The Balaban J connectivity index is 2.47. The Morgan fingerprint density at radius 2 is 2.06 bits per heavy atom. The van der Waals surface area contributed by atoms with Gasteiger partial charge in [-0.1, -0.05) is 12.1 Å². The first kappa shape index (κ1) is 12.0. The van der Waals surface area contributed by atoms with Crippen molar-refractivity contribution in [1.82, 2.24) is 0 Å². The van der Waals surface area contributed by atoms with Gasteiger partial charge in [-0.3, -0.25) is 4.79 Å². The maximum Gasteiger partial charge on any atom is 0.328 e. The summed E-state index contributed by atoms with van der Waals surface area (Å²) >= 11 is 4.86. The molecule has 1 aromatic heterocycles. The molecule has 0 saturated heterocycles. The van der Waals surface area contributed by atoms with E-state index in [9.17, 15) is 9.59 Å². The predicted molar refractivity (Wildman–Crippen MR) is 70.6 cm³/mol. The Labute approximate surface area is 110 Å². The minimum absolute atomic E-state index is 0.295. The van der Waals surface area contributed by atoms with Gasteiger partial charge in [-0.05, 0) is 28.1 Å². The highest BCUT2D eigenvalue weighted by Gasteiger charge is 2.11. The monoisotopic (exact) mass is 310 g/mol. The van der Waals surface area contributed by atoms with Gasteiger partial charge in [-0.15, -0.1) is 11.3 Å². The largest absolute Gasteiger partial charge is 0.478 e. The van der Waals surface area contributed by atoms with Crippen molar-refractivity contribution in [1.29, 1.82) is 0 Å². The van der Waals surface area contributed by atoms with Crippen LogP contribution >= 0.6 is 27.3 Å². The van der Waals surface area contributed by atoms with Crippen LogP contribution < -0.4 is 0 Å². The molecule has 1 N–H and O–H groups in total. The number of carboxylic acid groups (broad SMARTS) is 1. The molecule has 5 heteroatoms. The lowest BCUT2D eigenvalue weighted by Gasteiger charge is -1.95. The van der Waals surface area contributed by atoms with Gasteiger partial charge in [0.15, 0.2) is 5.78 Å². The first-order valence-electron chi connectivity index (χ1n) is 4.70. The number of carbonyl (C=O) groups excluding carboxylic acids is 1. The third-order valence-electron chi connectivity index (χ3n) is 2.19. The van der Waals surface area contributed by atoms with E-state index >= 15 is 0 Å².